The molecule has 1 atom stereocenters. The molecular formula is C17H25N5S. The number of anilines is 3. The van der Waals surface area contributed by atoms with E-state index in [0.717, 1.165) is 23.5 Å². The molecule has 0 aliphatic carbocycles. The quantitative estimate of drug-likeness (QED) is 0.659. The van der Waals surface area contributed by atoms with Crippen LogP contribution < -0.4 is 15.4 Å². The number of nitrogens with one attached hydrogen (secondary N) is 3. The van der Waals surface area contributed by atoms with E-state index in [2.05, 4.69) is 64.3 Å². The minimum absolute atomic E-state index is 0.351. The van der Waals surface area contributed by atoms with Crippen LogP contribution in [0, 0.1) is 13.8 Å². The molecule has 0 spiro atoms. The van der Waals surface area contributed by atoms with Crippen LogP contribution in [-0.4, -0.2) is 23.1 Å². The summed E-state index contributed by atoms with van der Waals surface area (Å²) in [6, 6.07) is 6.65. The van der Waals surface area contributed by atoms with E-state index in [0.29, 0.717) is 12.0 Å². The first-order valence-corrected chi connectivity index (χ1v) is 8.66. The maximum Gasteiger partial charge on any atom is 0.224 e. The summed E-state index contributed by atoms with van der Waals surface area (Å²) in [5, 5.41) is 6.71. The Bertz CT molecular complexity index is 659. The first kappa shape index (κ1) is 17.6. The molecule has 0 aliphatic heterocycles. The van der Waals surface area contributed by atoms with E-state index >= 15 is 0 Å². The largest absolute Gasteiger partial charge is 0.352 e. The molecule has 2 aromatic rings. The van der Waals surface area contributed by atoms with E-state index in [1.807, 2.05) is 20.2 Å². The topological polar surface area (TPSA) is 61.9 Å². The Hall–Kier alpha value is -1.79. The Morgan fingerprint density at radius 3 is 2.70 bits per heavy atom. The van der Waals surface area contributed by atoms with Crippen molar-refractivity contribution in [2.45, 2.75) is 45.1 Å². The molecule has 1 heterocycles. The Morgan fingerprint density at radius 2 is 2.00 bits per heavy atom. The van der Waals surface area contributed by atoms with E-state index in [1.165, 1.54) is 10.5 Å². The second-order valence-electron chi connectivity index (χ2n) is 5.59. The van der Waals surface area contributed by atoms with Gasteiger partial charge < -0.3 is 10.6 Å². The first-order valence-electron chi connectivity index (χ1n) is 7.85. The van der Waals surface area contributed by atoms with Crippen molar-refractivity contribution in [3.8, 4) is 0 Å². The Morgan fingerprint density at radius 1 is 1.22 bits per heavy atom. The molecule has 0 saturated heterocycles. The average Bonchev–Trinajstić information content (AvgIpc) is 2.54. The summed E-state index contributed by atoms with van der Waals surface area (Å²) >= 11 is 1.61. The zero-order chi connectivity index (χ0) is 16.8. The summed E-state index contributed by atoms with van der Waals surface area (Å²) in [7, 11) is 1.92. The minimum Gasteiger partial charge on any atom is -0.352 e. The molecule has 0 aliphatic rings. The highest BCUT2D eigenvalue weighted by molar-refractivity contribution is 7.97. The molecule has 5 nitrogen and oxygen atoms in total. The van der Waals surface area contributed by atoms with Gasteiger partial charge in [-0.2, -0.15) is 4.98 Å². The van der Waals surface area contributed by atoms with Crippen LogP contribution in [0.5, 0.6) is 0 Å². The van der Waals surface area contributed by atoms with Crippen LogP contribution in [0.25, 0.3) is 0 Å². The molecule has 2 rings (SSSR count). The normalized spacial score (nSPS) is 12.0. The van der Waals surface area contributed by atoms with Crippen molar-refractivity contribution in [2.24, 2.45) is 0 Å². The van der Waals surface area contributed by atoms with Crippen molar-refractivity contribution in [2.75, 3.05) is 17.7 Å². The highest BCUT2D eigenvalue weighted by Crippen LogP contribution is 2.26. The highest BCUT2D eigenvalue weighted by Gasteiger charge is 2.08. The van der Waals surface area contributed by atoms with Crippen LogP contribution in [0.4, 0.5) is 17.5 Å². The summed E-state index contributed by atoms with van der Waals surface area (Å²) in [6.45, 7) is 8.37. The molecule has 23 heavy (non-hydrogen) atoms. The predicted octanol–water partition coefficient (Wildman–Crippen LogP) is 4.27. The maximum absolute atomic E-state index is 4.60. The van der Waals surface area contributed by atoms with Crippen LogP contribution in [0.2, 0.25) is 0 Å². The molecule has 1 unspecified atom stereocenters. The number of rotatable bonds is 7. The van der Waals surface area contributed by atoms with Crippen LogP contribution in [0.1, 0.15) is 31.4 Å². The molecule has 0 radical (unpaired) electrons. The van der Waals surface area contributed by atoms with Crippen LogP contribution in [-0.2, 0) is 0 Å². The third-order valence-corrected chi connectivity index (χ3v) is 4.49. The van der Waals surface area contributed by atoms with E-state index in [4.69, 9.17) is 0 Å². The van der Waals surface area contributed by atoms with Gasteiger partial charge in [0.25, 0.3) is 0 Å². The summed E-state index contributed by atoms with van der Waals surface area (Å²) in [5.41, 5.74) is 3.28. The SMILES string of the molecule is CCC(C)Nc1ncc(C)c(Nc2ccc(C)c(SNC)c2)n1. The van der Waals surface area contributed by atoms with Gasteiger partial charge >= 0.3 is 0 Å². The summed E-state index contributed by atoms with van der Waals surface area (Å²) in [5.74, 6) is 1.49. The van der Waals surface area contributed by atoms with Crippen LogP contribution in [0.15, 0.2) is 29.3 Å². The smallest absolute Gasteiger partial charge is 0.224 e. The molecule has 1 aromatic carbocycles. The lowest BCUT2D eigenvalue weighted by Gasteiger charge is -2.15. The second-order valence-corrected chi connectivity index (χ2v) is 6.64. The lowest BCUT2D eigenvalue weighted by atomic mass is 10.2. The van der Waals surface area contributed by atoms with Gasteiger partial charge in [0.15, 0.2) is 0 Å². The Kier molecular flexibility index (Phi) is 6.24. The van der Waals surface area contributed by atoms with Gasteiger partial charge in [0.05, 0.1) is 0 Å². The molecule has 124 valence electrons. The van der Waals surface area contributed by atoms with Crippen molar-refractivity contribution in [3.63, 3.8) is 0 Å². The predicted molar refractivity (Wildman–Crippen MR) is 99.5 cm³/mol. The van der Waals surface area contributed by atoms with E-state index in [1.54, 1.807) is 11.9 Å². The van der Waals surface area contributed by atoms with Crippen molar-refractivity contribution in [1.29, 1.82) is 0 Å². The zero-order valence-electron chi connectivity index (χ0n) is 14.4. The highest BCUT2D eigenvalue weighted by atomic mass is 32.2. The summed E-state index contributed by atoms with van der Waals surface area (Å²) < 4.78 is 3.12. The summed E-state index contributed by atoms with van der Waals surface area (Å²) in [6.07, 6.45) is 2.88. The number of aromatic nitrogens is 2. The number of benzene rings is 1. The fourth-order valence-electron chi connectivity index (χ4n) is 2.00. The number of hydrogen-bond donors (Lipinski definition) is 3. The van der Waals surface area contributed by atoms with Gasteiger partial charge in [0.2, 0.25) is 5.95 Å². The van der Waals surface area contributed by atoms with Gasteiger partial charge in [-0.1, -0.05) is 13.0 Å². The number of hydrogen-bond acceptors (Lipinski definition) is 6. The Balaban J connectivity index is 2.22. The van der Waals surface area contributed by atoms with E-state index in [-0.39, 0.29) is 0 Å². The second kappa shape index (κ2) is 8.17. The van der Waals surface area contributed by atoms with Gasteiger partial charge in [0.1, 0.15) is 5.82 Å². The molecule has 0 amide bonds. The van der Waals surface area contributed by atoms with Crippen molar-refractivity contribution < 1.29 is 0 Å². The standard InChI is InChI=1S/C17H25N5S/c1-6-13(4)20-17-19-10-12(3)16(22-17)21-14-8-7-11(2)15(9-14)23-18-5/h7-10,13,18H,6H2,1-5H3,(H2,19,20,21,22). The van der Waals surface area contributed by atoms with Gasteiger partial charge in [-0.3, -0.25) is 4.72 Å². The zero-order valence-corrected chi connectivity index (χ0v) is 15.2. The molecule has 0 saturated carbocycles. The third kappa shape index (κ3) is 4.84. The van der Waals surface area contributed by atoms with Crippen LogP contribution in [0.3, 0.4) is 0 Å². The molecule has 6 heteroatoms. The minimum atomic E-state index is 0.351. The molecule has 0 fully saturated rings. The first-order chi connectivity index (χ1) is 11.0. The fraction of sp³-hybridized carbons (Fsp3) is 0.412. The fourth-order valence-corrected chi connectivity index (χ4v) is 2.63. The summed E-state index contributed by atoms with van der Waals surface area (Å²) in [4.78, 5) is 10.1. The molecule has 1 aromatic heterocycles. The van der Waals surface area contributed by atoms with Crippen molar-refractivity contribution in [1.82, 2.24) is 14.7 Å². The molecular weight excluding hydrogens is 306 g/mol. The van der Waals surface area contributed by atoms with Crippen LogP contribution >= 0.6 is 11.9 Å². The number of aryl methyl sites for hydroxylation is 2. The van der Waals surface area contributed by atoms with Gasteiger partial charge in [0, 0.05) is 28.4 Å². The molecule has 3 N–H and O–H groups in total. The lowest BCUT2D eigenvalue weighted by Crippen LogP contribution is -2.16. The van der Waals surface area contributed by atoms with Gasteiger partial charge in [-0.25, -0.2) is 4.98 Å². The third-order valence-electron chi connectivity index (χ3n) is 3.62. The van der Waals surface area contributed by atoms with Gasteiger partial charge in [-0.15, -0.1) is 0 Å². The van der Waals surface area contributed by atoms with E-state index in [9.17, 15) is 0 Å². The van der Waals surface area contributed by atoms with E-state index < -0.39 is 0 Å². The van der Waals surface area contributed by atoms with Crippen molar-refractivity contribution >= 4 is 29.4 Å². The Labute approximate surface area is 142 Å². The molecule has 0 bridgehead atoms. The maximum atomic E-state index is 4.60. The monoisotopic (exact) mass is 331 g/mol. The number of nitrogens with zero attached hydrogens (tertiary/aromatic N) is 2. The average molecular weight is 331 g/mol. The van der Waals surface area contributed by atoms with Crippen molar-refractivity contribution in [3.05, 3.63) is 35.5 Å². The lowest BCUT2D eigenvalue weighted by molar-refractivity contribution is 0.752. The van der Waals surface area contributed by atoms with Gasteiger partial charge in [-0.05, 0) is 63.9 Å².